The molecule has 6 rings (SSSR count). The molecule has 3 aromatic heterocycles. The largest absolute Gasteiger partial charge is 0.478 e. The third kappa shape index (κ3) is 6.27. The van der Waals surface area contributed by atoms with Crippen LogP contribution in [0.2, 0.25) is 5.02 Å². The molecule has 0 amide bonds. The maximum atomic E-state index is 13.5. The molecule has 0 aliphatic carbocycles. The molecule has 3 N–H and O–H groups in total. The van der Waals surface area contributed by atoms with Gasteiger partial charge < -0.3 is 20.4 Å². The zero-order valence-electron chi connectivity index (χ0n) is 23.5. The van der Waals surface area contributed by atoms with E-state index >= 15 is 0 Å². The Morgan fingerprint density at radius 2 is 1.65 bits per heavy atom. The molecule has 1 aliphatic heterocycles. The molecule has 1 aliphatic rings. The van der Waals surface area contributed by atoms with Gasteiger partial charge in [0.1, 0.15) is 0 Å². The van der Waals surface area contributed by atoms with E-state index in [0.29, 0.717) is 17.2 Å². The average Bonchev–Trinajstić information content (AvgIpc) is 3.26. The van der Waals surface area contributed by atoms with Gasteiger partial charge in [0.25, 0.3) is 0 Å². The number of hydrogen-bond acceptors (Lipinski definition) is 7. The van der Waals surface area contributed by atoms with Crippen LogP contribution in [0.25, 0.3) is 38.8 Å². The minimum absolute atomic E-state index is 0.134. The highest BCUT2D eigenvalue weighted by atomic mass is 35.5. The number of aromatic nitrogens is 4. The lowest BCUT2D eigenvalue weighted by Crippen LogP contribution is -2.43. The summed E-state index contributed by atoms with van der Waals surface area (Å²) < 4.78 is 3.39. The Morgan fingerprint density at radius 1 is 0.953 bits per heavy atom. The van der Waals surface area contributed by atoms with Crippen molar-refractivity contribution in [3.8, 4) is 16.8 Å². The number of aryl methyl sites for hydroxylation is 2. The summed E-state index contributed by atoms with van der Waals surface area (Å²) in [6.45, 7) is 5.65. The lowest BCUT2D eigenvalue weighted by Gasteiger charge is -2.30. The monoisotopic (exact) mass is 600 g/mol. The molecule has 4 heterocycles. The minimum Gasteiger partial charge on any atom is -0.478 e. The Hall–Kier alpha value is -5.00. The maximum absolute atomic E-state index is 13.5. The first-order chi connectivity index (χ1) is 20.6. The Bertz CT molecular complexity index is 1930. The number of carboxylic acid groups (broad SMARTS) is 2. The van der Waals surface area contributed by atoms with E-state index in [1.165, 1.54) is 0 Å². The van der Waals surface area contributed by atoms with Crippen molar-refractivity contribution in [3.05, 3.63) is 94.3 Å². The van der Waals surface area contributed by atoms with Crippen molar-refractivity contribution < 1.29 is 19.8 Å². The van der Waals surface area contributed by atoms with Crippen LogP contribution < -0.4 is 15.9 Å². The van der Waals surface area contributed by atoms with E-state index in [1.807, 2.05) is 43.5 Å². The Morgan fingerprint density at radius 3 is 2.30 bits per heavy atom. The highest BCUT2D eigenvalue weighted by molar-refractivity contribution is 6.33. The lowest BCUT2D eigenvalue weighted by atomic mass is 10.0. The van der Waals surface area contributed by atoms with Gasteiger partial charge in [0.05, 0.1) is 39.1 Å². The third-order valence-electron chi connectivity index (χ3n) is 7.13. The molecule has 0 unspecified atom stereocenters. The van der Waals surface area contributed by atoms with Gasteiger partial charge in [0.2, 0.25) is 0 Å². The number of carboxylic acids is 2. The molecular formula is C31H29ClN6O5. The summed E-state index contributed by atoms with van der Waals surface area (Å²) in [4.78, 5) is 43.8. The van der Waals surface area contributed by atoms with E-state index in [9.17, 15) is 14.4 Å². The number of piperazine rings is 1. The number of imidazole rings is 1. The van der Waals surface area contributed by atoms with Crippen molar-refractivity contribution in [1.29, 1.82) is 0 Å². The number of anilines is 1. The fourth-order valence-electron chi connectivity index (χ4n) is 5.08. The van der Waals surface area contributed by atoms with Gasteiger partial charge in [-0.2, -0.15) is 0 Å². The number of pyridine rings is 2. The Labute approximate surface area is 251 Å². The quantitative estimate of drug-likeness (QED) is 0.255. The second-order valence-corrected chi connectivity index (χ2v) is 10.4. The van der Waals surface area contributed by atoms with Gasteiger partial charge in [-0.15, -0.1) is 0 Å². The van der Waals surface area contributed by atoms with Crippen LogP contribution in [-0.2, 0) is 16.6 Å². The van der Waals surface area contributed by atoms with Crippen molar-refractivity contribution in [3.63, 3.8) is 0 Å². The number of halogens is 1. The molecule has 11 nitrogen and oxygen atoms in total. The van der Waals surface area contributed by atoms with Crippen LogP contribution in [0.5, 0.6) is 0 Å². The van der Waals surface area contributed by atoms with Gasteiger partial charge in [0, 0.05) is 62.7 Å². The number of fused-ring (bicyclic) bond motifs is 3. The fourth-order valence-corrected chi connectivity index (χ4v) is 5.38. The molecule has 1 fully saturated rings. The van der Waals surface area contributed by atoms with Crippen molar-refractivity contribution in [1.82, 2.24) is 24.4 Å². The van der Waals surface area contributed by atoms with Gasteiger partial charge in [0.15, 0.2) is 0 Å². The molecule has 0 spiro atoms. The van der Waals surface area contributed by atoms with Crippen molar-refractivity contribution in [2.24, 2.45) is 7.05 Å². The van der Waals surface area contributed by atoms with Crippen LogP contribution >= 0.6 is 11.6 Å². The topological polar surface area (TPSA) is 143 Å². The number of aliphatic carboxylic acids is 2. The van der Waals surface area contributed by atoms with E-state index in [4.69, 9.17) is 21.8 Å². The van der Waals surface area contributed by atoms with E-state index in [1.54, 1.807) is 22.4 Å². The predicted molar refractivity (Wildman–Crippen MR) is 166 cm³/mol. The van der Waals surface area contributed by atoms with E-state index in [-0.39, 0.29) is 5.69 Å². The zero-order chi connectivity index (χ0) is 30.7. The SMILES string of the molecule is Cc1cc(-c2ccc3ncc4c(c3c2)n(-c2ccc(N3CCNCC3)c(Cl)c2)c(=O)n4C)ccn1.O=C(O)/C=C\C(=O)O. The first-order valence-corrected chi connectivity index (χ1v) is 13.8. The normalized spacial score (nSPS) is 13.3. The highest BCUT2D eigenvalue weighted by Gasteiger charge is 2.19. The Kier molecular flexibility index (Phi) is 8.56. The average molecular weight is 601 g/mol. The number of carbonyl (C=O) groups is 2. The Balaban J connectivity index is 0.000000407. The van der Waals surface area contributed by atoms with E-state index < -0.39 is 11.9 Å². The van der Waals surface area contributed by atoms with Crippen LogP contribution in [0.4, 0.5) is 5.69 Å². The van der Waals surface area contributed by atoms with Crippen LogP contribution in [0, 0.1) is 6.92 Å². The van der Waals surface area contributed by atoms with Crippen LogP contribution in [0.15, 0.2) is 77.9 Å². The number of rotatable bonds is 5. The summed E-state index contributed by atoms with van der Waals surface area (Å²) in [5.41, 5.74) is 7.09. The van der Waals surface area contributed by atoms with Gasteiger partial charge in [-0.1, -0.05) is 17.7 Å². The highest BCUT2D eigenvalue weighted by Crippen LogP contribution is 2.32. The molecular weight excluding hydrogens is 572 g/mol. The number of nitrogens with one attached hydrogen (secondary N) is 1. The maximum Gasteiger partial charge on any atom is 0.333 e. The molecule has 220 valence electrons. The summed E-state index contributed by atoms with van der Waals surface area (Å²) in [7, 11) is 1.78. The van der Waals surface area contributed by atoms with Gasteiger partial charge in [-0.25, -0.2) is 14.4 Å². The predicted octanol–water partition coefficient (Wildman–Crippen LogP) is 4.02. The lowest BCUT2D eigenvalue weighted by molar-refractivity contribution is -0.134. The second-order valence-electron chi connectivity index (χ2n) is 9.97. The van der Waals surface area contributed by atoms with Gasteiger partial charge in [-0.05, 0) is 60.5 Å². The molecule has 0 bridgehead atoms. The third-order valence-corrected chi connectivity index (χ3v) is 7.43. The van der Waals surface area contributed by atoms with Gasteiger partial charge >= 0.3 is 17.6 Å². The fraction of sp³-hybridized carbons (Fsp3) is 0.194. The van der Waals surface area contributed by atoms with Crippen molar-refractivity contribution >= 4 is 51.2 Å². The zero-order valence-corrected chi connectivity index (χ0v) is 24.2. The van der Waals surface area contributed by atoms with E-state index in [2.05, 4.69) is 38.4 Å². The summed E-state index contributed by atoms with van der Waals surface area (Å²) in [6.07, 6.45) is 4.70. The first-order valence-electron chi connectivity index (χ1n) is 13.5. The standard InChI is InChI=1S/C27H25ClN6O.C4H4O4/c1-17-13-19(7-8-30-17)18-3-5-23-21(14-18)26-25(16-31-23)32(2)27(35)34(26)20-4-6-24(22(28)15-20)33-11-9-29-10-12-33;5-3(6)1-2-4(7)8/h3-8,13-16,29H,9-12H2,1-2H3;1-2H,(H,5,6)(H,7,8)/b;2-1-. The number of nitrogens with zero attached hydrogens (tertiary/aromatic N) is 5. The second kappa shape index (κ2) is 12.5. The van der Waals surface area contributed by atoms with Crippen LogP contribution in [0.1, 0.15) is 5.69 Å². The first kappa shape index (κ1) is 29.5. The molecule has 12 heteroatoms. The summed E-state index contributed by atoms with van der Waals surface area (Å²) in [6, 6.07) is 16.1. The smallest absolute Gasteiger partial charge is 0.333 e. The number of benzene rings is 2. The molecule has 43 heavy (non-hydrogen) atoms. The summed E-state index contributed by atoms with van der Waals surface area (Å²) in [5.74, 6) is -2.51. The summed E-state index contributed by atoms with van der Waals surface area (Å²) >= 11 is 6.76. The molecule has 1 saturated heterocycles. The minimum atomic E-state index is -1.26. The van der Waals surface area contributed by atoms with Gasteiger partial charge in [-0.3, -0.25) is 19.1 Å². The molecule has 0 saturated carbocycles. The van der Waals surface area contributed by atoms with E-state index in [0.717, 1.165) is 76.3 Å². The van der Waals surface area contributed by atoms with Crippen molar-refractivity contribution in [2.45, 2.75) is 6.92 Å². The molecule has 5 aromatic rings. The van der Waals surface area contributed by atoms with Crippen LogP contribution in [-0.4, -0.2) is 67.4 Å². The molecule has 0 radical (unpaired) electrons. The van der Waals surface area contributed by atoms with Crippen molar-refractivity contribution in [2.75, 3.05) is 31.1 Å². The summed E-state index contributed by atoms with van der Waals surface area (Å²) in [5, 5.41) is 20.5. The van der Waals surface area contributed by atoms with Crippen LogP contribution in [0.3, 0.4) is 0 Å². The molecule has 2 aromatic carbocycles. The number of hydrogen-bond donors (Lipinski definition) is 3. The molecule has 0 atom stereocenters.